The molecule has 1 aromatic carbocycles. The van der Waals surface area contributed by atoms with Gasteiger partial charge in [0.25, 0.3) is 0 Å². The summed E-state index contributed by atoms with van der Waals surface area (Å²) < 4.78 is 41.0. The van der Waals surface area contributed by atoms with Crippen LogP contribution >= 0.6 is 0 Å². The summed E-state index contributed by atoms with van der Waals surface area (Å²) >= 11 is 0. The number of benzene rings is 1. The second-order valence-corrected chi connectivity index (χ2v) is 9.77. The molecule has 0 spiro atoms. The number of hydrogen-bond acceptors (Lipinski definition) is 4. The zero-order chi connectivity index (χ0) is 25.3. The van der Waals surface area contributed by atoms with Gasteiger partial charge in [-0.05, 0) is 49.3 Å². The number of amides is 4. The van der Waals surface area contributed by atoms with Gasteiger partial charge in [-0.15, -0.1) is 13.2 Å². The Bertz CT molecular complexity index is 951. The van der Waals surface area contributed by atoms with Crippen LogP contribution < -0.4 is 15.4 Å². The number of likely N-dealkylation sites (tertiary alicyclic amines) is 1. The Morgan fingerprint density at radius 1 is 1.06 bits per heavy atom. The van der Waals surface area contributed by atoms with Crippen LogP contribution in [0.15, 0.2) is 24.3 Å². The van der Waals surface area contributed by atoms with Gasteiger partial charge in [0, 0.05) is 51.5 Å². The molecule has 8 nitrogen and oxygen atoms in total. The smallest absolute Gasteiger partial charge is 0.406 e. The molecule has 2 saturated carbocycles. The summed E-state index contributed by atoms with van der Waals surface area (Å²) in [5.74, 6) is -0.368. The molecule has 1 aromatic rings. The van der Waals surface area contributed by atoms with Gasteiger partial charge in [0.05, 0.1) is 6.04 Å². The molecular weight excluding hydrogens is 465 g/mol. The largest absolute Gasteiger partial charge is 0.573 e. The second-order valence-electron chi connectivity index (χ2n) is 9.77. The van der Waals surface area contributed by atoms with Crippen molar-refractivity contribution in [2.24, 2.45) is 5.92 Å². The molecule has 1 saturated heterocycles. The van der Waals surface area contributed by atoms with Gasteiger partial charge < -0.3 is 25.2 Å². The van der Waals surface area contributed by atoms with Crippen molar-refractivity contribution in [3.05, 3.63) is 29.8 Å². The standard InChI is InChI=1S/C24H31F3N4O4/c1-14(32)28-11-16-9-19(31(15(2)33)18-5-6-18)13-30(12-16)23(34)29-22-10-21(22)17-3-7-20(8-4-17)35-24(25,26)27/h3-4,7-8,16,18-19,21-22H,5-6,9-13H2,1-2H3,(H,28,32)(H,29,34)/t16?,19?,21-,22+/m0/s1. The van der Waals surface area contributed by atoms with Crippen LogP contribution in [-0.4, -0.2) is 71.8 Å². The van der Waals surface area contributed by atoms with E-state index in [2.05, 4.69) is 15.4 Å². The zero-order valence-electron chi connectivity index (χ0n) is 19.8. The van der Waals surface area contributed by atoms with Crippen LogP contribution in [0, 0.1) is 5.92 Å². The van der Waals surface area contributed by atoms with E-state index in [0.717, 1.165) is 24.8 Å². The van der Waals surface area contributed by atoms with Gasteiger partial charge in [0.1, 0.15) is 5.75 Å². The van der Waals surface area contributed by atoms with Gasteiger partial charge in [0.15, 0.2) is 0 Å². The fourth-order valence-electron chi connectivity index (χ4n) is 5.03. The first-order chi connectivity index (χ1) is 16.5. The molecule has 35 heavy (non-hydrogen) atoms. The number of alkyl halides is 3. The Morgan fingerprint density at radius 2 is 1.74 bits per heavy atom. The molecule has 3 aliphatic rings. The molecule has 0 radical (unpaired) electrons. The number of carbonyl (C=O) groups is 3. The Labute approximate surface area is 202 Å². The van der Waals surface area contributed by atoms with Crippen molar-refractivity contribution >= 4 is 17.8 Å². The molecule has 2 aliphatic carbocycles. The topological polar surface area (TPSA) is 91.0 Å². The maximum absolute atomic E-state index is 13.1. The molecule has 0 aromatic heterocycles. The van der Waals surface area contributed by atoms with Gasteiger partial charge in [-0.3, -0.25) is 9.59 Å². The highest BCUT2D eigenvalue weighted by Gasteiger charge is 2.43. The first kappa shape index (κ1) is 25.1. The minimum atomic E-state index is -4.74. The summed E-state index contributed by atoms with van der Waals surface area (Å²) in [4.78, 5) is 40.5. The first-order valence-electron chi connectivity index (χ1n) is 11.9. The third kappa shape index (κ3) is 6.79. The Kier molecular flexibility index (Phi) is 7.14. The predicted molar refractivity (Wildman–Crippen MR) is 120 cm³/mol. The summed E-state index contributed by atoms with van der Waals surface area (Å²) in [5.41, 5.74) is 0.835. The van der Waals surface area contributed by atoms with Crippen LogP contribution in [-0.2, 0) is 9.59 Å². The highest BCUT2D eigenvalue weighted by atomic mass is 19.4. The van der Waals surface area contributed by atoms with E-state index < -0.39 is 6.36 Å². The normalized spacial score (nSPS) is 26.0. The van der Waals surface area contributed by atoms with E-state index in [9.17, 15) is 27.6 Å². The third-order valence-corrected chi connectivity index (χ3v) is 6.78. The van der Waals surface area contributed by atoms with Crippen molar-refractivity contribution < 1.29 is 32.3 Å². The molecule has 4 atom stereocenters. The van der Waals surface area contributed by atoms with E-state index in [1.807, 2.05) is 4.90 Å². The molecule has 1 aliphatic heterocycles. The number of nitrogens with one attached hydrogen (secondary N) is 2. The van der Waals surface area contributed by atoms with Crippen LogP contribution in [0.4, 0.5) is 18.0 Å². The Balaban J connectivity index is 1.36. The van der Waals surface area contributed by atoms with E-state index in [4.69, 9.17) is 0 Å². The van der Waals surface area contributed by atoms with E-state index in [1.54, 1.807) is 24.0 Å². The van der Waals surface area contributed by atoms with E-state index in [0.29, 0.717) is 26.1 Å². The first-order valence-corrected chi connectivity index (χ1v) is 11.9. The monoisotopic (exact) mass is 496 g/mol. The lowest BCUT2D eigenvalue weighted by Gasteiger charge is -2.42. The lowest BCUT2D eigenvalue weighted by Crippen LogP contribution is -2.57. The average molecular weight is 497 g/mol. The number of rotatable bonds is 7. The SMILES string of the molecule is CC(=O)NCC1CC(N(C(C)=O)C2CC2)CN(C(=O)N[C@@H]2C[C@H]2c2ccc(OC(F)(F)F)cc2)C1. The maximum Gasteiger partial charge on any atom is 0.573 e. The molecule has 11 heteroatoms. The van der Waals surface area contributed by atoms with Gasteiger partial charge in [-0.25, -0.2) is 4.79 Å². The van der Waals surface area contributed by atoms with Crippen LogP contribution in [0.5, 0.6) is 5.75 Å². The minimum Gasteiger partial charge on any atom is -0.406 e. The lowest BCUT2D eigenvalue weighted by atomic mass is 9.92. The van der Waals surface area contributed by atoms with Crippen LogP contribution in [0.25, 0.3) is 0 Å². The second kappa shape index (κ2) is 9.94. The third-order valence-electron chi connectivity index (χ3n) is 6.78. The van der Waals surface area contributed by atoms with Gasteiger partial charge in [-0.1, -0.05) is 12.1 Å². The van der Waals surface area contributed by atoms with Crippen molar-refractivity contribution in [2.45, 2.75) is 69.9 Å². The fourth-order valence-corrected chi connectivity index (χ4v) is 5.03. The van der Waals surface area contributed by atoms with E-state index in [1.165, 1.54) is 19.1 Å². The number of ether oxygens (including phenoxy) is 1. The van der Waals surface area contributed by atoms with E-state index >= 15 is 0 Å². The molecule has 192 valence electrons. The Morgan fingerprint density at radius 3 is 2.31 bits per heavy atom. The van der Waals surface area contributed by atoms with E-state index in [-0.39, 0.29) is 53.6 Å². The molecule has 4 amide bonds. The predicted octanol–water partition coefficient (Wildman–Crippen LogP) is 2.99. The van der Waals surface area contributed by atoms with Crippen LogP contribution in [0.3, 0.4) is 0 Å². The highest BCUT2D eigenvalue weighted by Crippen LogP contribution is 2.42. The molecule has 2 unspecified atom stereocenters. The average Bonchev–Trinajstić information content (AvgIpc) is 3.69. The number of hydrogen-bond donors (Lipinski definition) is 2. The van der Waals surface area contributed by atoms with Crippen molar-refractivity contribution in [2.75, 3.05) is 19.6 Å². The fraction of sp³-hybridized carbons (Fsp3) is 0.625. The lowest BCUT2D eigenvalue weighted by molar-refractivity contribution is -0.274. The molecule has 0 bridgehead atoms. The summed E-state index contributed by atoms with van der Waals surface area (Å²) in [5, 5.41) is 5.86. The maximum atomic E-state index is 13.1. The summed E-state index contributed by atoms with van der Waals surface area (Å²) in [6.45, 7) is 4.34. The number of piperidine rings is 1. The van der Waals surface area contributed by atoms with Crippen LogP contribution in [0.1, 0.15) is 51.0 Å². The minimum absolute atomic E-state index is 0.00163. The molecular formula is C24H31F3N4O4. The molecule has 2 N–H and O–H groups in total. The van der Waals surface area contributed by atoms with Gasteiger partial charge >= 0.3 is 12.4 Å². The number of carbonyl (C=O) groups excluding carboxylic acids is 3. The van der Waals surface area contributed by atoms with Crippen molar-refractivity contribution in [3.8, 4) is 5.75 Å². The van der Waals surface area contributed by atoms with Crippen molar-refractivity contribution in [1.29, 1.82) is 0 Å². The molecule has 3 fully saturated rings. The van der Waals surface area contributed by atoms with Gasteiger partial charge in [-0.2, -0.15) is 0 Å². The molecule has 1 heterocycles. The zero-order valence-corrected chi connectivity index (χ0v) is 19.8. The van der Waals surface area contributed by atoms with Crippen molar-refractivity contribution in [3.63, 3.8) is 0 Å². The van der Waals surface area contributed by atoms with Crippen molar-refractivity contribution in [1.82, 2.24) is 20.4 Å². The summed E-state index contributed by atoms with van der Waals surface area (Å²) in [7, 11) is 0. The summed E-state index contributed by atoms with van der Waals surface area (Å²) in [6.07, 6.45) is -1.39. The summed E-state index contributed by atoms with van der Waals surface area (Å²) in [6, 6.07) is 5.49. The number of urea groups is 1. The van der Waals surface area contributed by atoms with Gasteiger partial charge in [0.2, 0.25) is 11.8 Å². The Hall–Kier alpha value is -2.98. The van der Waals surface area contributed by atoms with Crippen LogP contribution in [0.2, 0.25) is 0 Å². The highest BCUT2D eigenvalue weighted by molar-refractivity contribution is 5.77. The quantitative estimate of drug-likeness (QED) is 0.607. The number of nitrogens with zero attached hydrogens (tertiary/aromatic N) is 2. The molecule has 4 rings (SSSR count). The number of halogens is 3.